The van der Waals surface area contributed by atoms with Crippen molar-refractivity contribution in [3.05, 3.63) is 29.3 Å². The minimum absolute atomic E-state index is 0.161. The van der Waals surface area contributed by atoms with Crippen LogP contribution in [0.4, 0.5) is 4.39 Å². The first-order valence-corrected chi connectivity index (χ1v) is 4.49. The van der Waals surface area contributed by atoms with Crippen LogP contribution in [0.15, 0.2) is 12.1 Å². The van der Waals surface area contributed by atoms with Crippen molar-refractivity contribution in [2.75, 3.05) is 0 Å². The first-order valence-electron chi connectivity index (χ1n) is 4.49. The predicted octanol–water partition coefficient (Wildman–Crippen LogP) is 2.03. The zero-order valence-corrected chi connectivity index (χ0v) is 8.13. The number of H-pyrrole nitrogens is 1. The molecule has 4 heteroatoms. The number of rotatable bonds is 1. The third-order valence-corrected chi connectivity index (χ3v) is 2.21. The lowest BCUT2D eigenvalue weighted by Gasteiger charge is -1.96. The Bertz CT molecular complexity index is 434. The molecule has 1 atom stereocenters. The van der Waals surface area contributed by atoms with Crippen molar-refractivity contribution in [1.29, 1.82) is 0 Å². The van der Waals surface area contributed by atoms with Crippen molar-refractivity contribution < 1.29 is 4.39 Å². The number of aryl methyl sites for hydroxylation is 1. The lowest BCUT2D eigenvalue weighted by atomic mass is 10.2. The number of hydrogen-bond donors (Lipinski definition) is 2. The first-order chi connectivity index (χ1) is 6.58. The van der Waals surface area contributed by atoms with Gasteiger partial charge in [-0.2, -0.15) is 0 Å². The number of hydrogen-bond acceptors (Lipinski definition) is 2. The fourth-order valence-corrected chi connectivity index (χ4v) is 1.37. The van der Waals surface area contributed by atoms with E-state index in [1.54, 1.807) is 13.0 Å². The van der Waals surface area contributed by atoms with Crippen LogP contribution in [-0.2, 0) is 0 Å². The Morgan fingerprint density at radius 2 is 2.21 bits per heavy atom. The van der Waals surface area contributed by atoms with E-state index in [0.717, 1.165) is 5.52 Å². The molecule has 0 saturated heterocycles. The Labute approximate surface area is 81.1 Å². The summed E-state index contributed by atoms with van der Waals surface area (Å²) in [7, 11) is 0. The molecule has 0 unspecified atom stereocenters. The highest BCUT2D eigenvalue weighted by Crippen LogP contribution is 2.18. The minimum Gasteiger partial charge on any atom is -0.341 e. The van der Waals surface area contributed by atoms with Crippen LogP contribution >= 0.6 is 0 Å². The van der Waals surface area contributed by atoms with Crippen LogP contribution in [0.3, 0.4) is 0 Å². The molecule has 1 aromatic carbocycles. The van der Waals surface area contributed by atoms with Gasteiger partial charge < -0.3 is 10.7 Å². The van der Waals surface area contributed by atoms with Gasteiger partial charge in [0.1, 0.15) is 11.6 Å². The second-order valence-corrected chi connectivity index (χ2v) is 3.53. The van der Waals surface area contributed by atoms with E-state index in [-0.39, 0.29) is 11.9 Å². The standard InChI is InChI=1S/C10H12FN3/c1-5-3-8-9(4-7(5)11)14-10(13-8)6(2)12/h3-4,6H,12H2,1-2H3,(H,13,14)/t6-/m1/s1. The maximum Gasteiger partial charge on any atom is 0.128 e. The van der Waals surface area contributed by atoms with E-state index in [0.29, 0.717) is 16.9 Å². The Morgan fingerprint density at radius 3 is 2.86 bits per heavy atom. The van der Waals surface area contributed by atoms with Crippen molar-refractivity contribution in [2.24, 2.45) is 5.73 Å². The van der Waals surface area contributed by atoms with Crippen LogP contribution in [0.2, 0.25) is 0 Å². The van der Waals surface area contributed by atoms with Crippen molar-refractivity contribution >= 4 is 11.0 Å². The number of aromatic amines is 1. The summed E-state index contributed by atoms with van der Waals surface area (Å²) in [5.74, 6) is 0.449. The van der Waals surface area contributed by atoms with Gasteiger partial charge in [-0.05, 0) is 25.5 Å². The summed E-state index contributed by atoms with van der Waals surface area (Å²) in [5, 5.41) is 0. The molecule has 0 amide bonds. The van der Waals surface area contributed by atoms with Gasteiger partial charge in [-0.3, -0.25) is 0 Å². The third-order valence-electron chi connectivity index (χ3n) is 2.21. The zero-order chi connectivity index (χ0) is 10.3. The largest absolute Gasteiger partial charge is 0.341 e. The summed E-state index contributed by atoms with van der Waals surface area (Å²) < 4.78 is 13.2. The molecule has 0 radical (unpaired) electrons. The van der Waals surface area contributed by atoms with E-state index in [9.17, 15) is 4.39 Å². The molecular weight excluding hydrogens is 181 g/mol. The molecule has 74 valence electrons. The molecule has 1 aromatic heterocycles. The van der Waals surface area contributed by atoms with Crippen LogP contribution in [0.1, 0.15) is 24.4 Å². The number of benzene rings is 1. The highest BCUT2D eigenvalue weighted by atomic mass is 19.1. The lowest BCUT2D eigenvalue weighted by Crippen LogP contribution is -2.06. The number of fused-ring (bicyclic) bond motifs is 1. The second kappa shape index (κ2) is 3.06. The molecule has 0 aliphatic heterocycles. The fourth-order valence-electron chi connectivity index (χ4n) is 1.37. The predicted molar refractivity (Wildman–Crippen MR) is 53.4 cm³/mol. The molecule has 0 fully saturated rings. The molecule has 0 saturated carbocycles. The number of imidazole rings is 1. The van der Waals surface area contributed by atoms with Crippen LogP contribution in [0.5, 0.6) is 0 Å². The maximum atomic E-state index is 13.2. The van der Waals surface area contributed by atoms with Gasteiger partial charge >= 0.3 is 0 Å². The number of nitrogens with zero attached hydrogens (tertiary/aromatic N) is 1. The molecule has 3 nitrogen and oxygen atoms in total. The average molecular weight is 193 g/mol. The molecule has 1 heterocycles. The van der Waals surface area contributed by atoms with Crippen LogP contribution < -0.4 is 5.73 Å². The summed E-state index contributed by atoms with van der Waals surface area (Å²) in [6.07, 6.45) is 0. The minimum atomic E-state index is -0.236. The Morgan fingerprint density at radius 1 is 1.50 bits per heavy atom. The quantitative estimate of drug-likeness (QED) is 0.728. The number of nitrogens with one attached hydrogen (secondary N) is 1. The summed E-state index contributed by atoms with van der Waals surface area (Å²) in [5.41, 5.74) is 7.73. The molecule has 2 aromatic rings. The van der Waals surface area contributed by atoms with Crippen LogP contribution in [0, 0.1) is 12.7 Å². The topological polar surface area (TPSA) is 54.7 Å². The normalized spacial score (nSPS) is 13.4. The van der Waals surface area contributed by atoms with Gasteiger partial charge in [-0.25, -0.2) is 9.37 Å². The maximum absolute atomic E-state index is 13.2. The van der Waals surface area contributed by atoms with Gasteiger partial charge in [0.15, 0.2) is 0 Å². The molecular formula is C10H12FN3. The third kappa shape index (κ3) is 1.37. The Kier molecular flexibility index (Phi) is 2.00. The second-order valence-electron chi connectivity index (χ2n) is 3.53. The van der Waals surface area contributed by atoms with Crippen molar-refractivity contribution in [3.63, 3.8) is 0 Å². The van der Waals surface area contributed by atoms with E-state index in [1.165, 1.54) is 6.07 Å². The average Bonchev–Trinajstić information content (AvgIpc) is 2.48. The van der Waals surface area contributed by atoms with Crippen molar-refractivity contribution in [1.82, 2.24) is 9.97 Å². The van der Waals surface area contributed by atoms with E-state index >= 15 is 0 Å². The first kappa shape index (κ1) is 9.15. The molecule has 0 aliphatic carbocycles. The monoisotopic (exact) mass is 193 g/mol. The van der Waals surface area contributed by atoms with Gasteiger partial charge in [-0.15, -0.1) is 0 Å². The van der Waals surface area contributed by atoms with E-state index < -0.39 is 0 Å². The van der Waals surface area contributed by atoms with Gasteiger partial charge in [-0.1, -0.05) is 0 Å². The molecule has 0 bridgehead atoms. The van der Waals surface area contributed by atoms with Gasteiger partial charge in [0.05, 0.1) is 17.1 Å². The lowest BCUT2D eigenvalue weighted by molar-refractivity contribution is 0.620. The van der Waals surface area contributed by atoms with E-state index in [1.807, 2.05) is 6.92 Å². The van der Waals surface area contributed by atoms with Gasteiger partial charge in [0.2, 0.25) is 0 Å². The smallest absolute Gasteiger partial charge is 0.128 e. The number of nitrogens with two attached hydrogens (primary N) is 1. The molecule has 3 N–H and O–H groups in total. The van der Waals surface area contributed by atoms with Gasteiger partial charge in [0.25, 0.3) is 0 Å². The van der Waals surface area contributed by atoms with Crippen molar-refractivity contribution in [3.8, 4) is 0 Å². The van der Waals surface area contributed by atoms with Crippen LogP contribution in [0.25, 0.3) is 11.0 Å². The number of halogens is 1. The highest BCUT2D eigenvalue weighted by Gasteiger charge is 2.08. The fraction of sp³-hybridized carbons (Fsp3) is 0.300. The van der Waals surface area contributed by atoms with Gasteiger partial charge in [0, 0.05) is 6.07 Å². The van der Waals surface area contributed by atoms with E-state index in [2.05, 4.69) is 9.97 Å². The van der Waals surface area contributed by atoms with Crippen molar-refractivity contribution in [2.45, 2.75) is 19.9 Å². The number of aromatic nitrogens is 2. The highest BCUT2D eigenvalue weighted by molar-refractivity contribution is 5.76. The SMILES string of the molecule is Cc1cc2[nH]c([C@@H](C)N)nc2cc1F. The Hall–Kier alpha value is -1.42. The van der Waals surface area contributed by atoms with E-state index in [4.69, 9.17) is 5.73 Å². The molecule has 0 aliphatic rings. The molecule has 2 rings (SSSR count). The summed E-state index contributed by atoms with van der Waals surface area (Å²) >= 11 is 0. The summed E-state index contributed by atoms with van der Waals surface area (Å²) in [4.78, 5) is 7.25. The molecule has 0 spiro atoms. The zero-order valence-electron chi connectivity index (χ0n) is 8.13. The Balaban J connectivity index is 2.66. The molecule has 14 heavy (non-hydrogen) atoms. The summed E-state index contributed by atoms with van der Waals surface area (Å²) in [6, 6.07) is 3.00. The summed E-state index contributed by atoms with van der Waals surface area (Å²) in [6.45, 7) is 3.56. The van der Waals surface area contributed by atoms with Crippen LogP contribution in [-0.4, -0.2) is 9.97 Å².